The monoisotopic (exact) mass is 474 g/mol. The Balaban J connectivity index is 1.46. The minimum Gasteiger partial charge on any atom is -0.454 e. The number of benzene rings is 2. The number of fused-ring (bicyclic) bond motifs is 1. The molecular weight excluding hydrogens is 448 g/mol. The van der Waals surface area contributed by atoms with Crippen molar-refractivity contribution in [2.75, 3.05) is 12.5 Å². The number of hydrogen-bond acceptors (Lipinski definition) is 6. The Hall–Kier alpha value is -3.52. The van der Waals surface area contributed by atoms with Crippen molar-refractivity contribution in [3.05, 3.63) is 71.5 Å². The zero-order valence-electron chi connectivity index (χ0n) is 19.4. The molecule has 7 nitrogen and oxygen atoms in total. The first-order valence-electron chi connectivity index (χ1n) is 11.3. The Morgan fingerprint density at radius 3 is 2.62 bits per heavy atom. The fourth-order valence-electron chi connectivity index (χ4n) is 4.25. The van der Waals surface area contributed by atoms with E-state index in [2.05, 4.69) is 28.6 Å². The van der Waals surface area contributed by atoms with Crippen molar-refractivity contribution in [3.63, 3.8) is 0 Å². The maximum absolute atomic E-state index is 13.1. The fraction of sp³-hybridized carbons (Fsp3) is 0.269. The second-order valence-electron chi connectivity index (χ2n) is 8.19. The number of aromatic nitrogens is 4. The van der Waals surface area contributed by atoms with Crippen LogP contribution in [0.3, 0.4) is 0 Å². The van der Waals surface area contributed by atoms with E-state index in [1.807, 2.05) is 66.1 Å². The summed E-state index contributed by atoms with van der Waals surface area (Å²) < 4.78 is 15.2. The van der Waals surface area contributed by atoms with Gasteiger partial charge in [-0.2, -0.15) is 0 Å². The largest absolute Gasteiger partial charge is 0.454 e. The molecule has 2 aromatic heterocycles. The Morgan fingerprint density at radius 1 is 1.03 bits per heavy atom. The lowest BCUT2D eigenvalue weighted by atomic mass is 10.2. The van der Waals surface area contributed by atoms with E-state index < -0.39 is 0 Å². The topological polar surface area (TPSA) is 71.2 Å². The number of carbonyl (C=O) groups excluding carboxylic acids is 1. The normalized spacial score (nSPS) is 12.3. The first-order valence-corrected chi connectivity index (χ1v) is 12.3. The van der Waals surface area contributed by atoms with Gasteiger partial charge in [-0.1, -0.05) is 36.9 Å². The number of Topliss-reactive ketones (excluding diaryl/α,β-unsaturated/α-hetero) is 1. The lowest BCUT2D eigenvalue weighted by molar-refractivity contribution is 0.102. The van der Waals surface area contributed by atoms with Gasteiger partial charge >= 0.3 is 0 Å². The molecule has 0 amide bonds. The zero-order valence-corrected chi connectivity index (χ0v) is 20.3. The molecule has 0 fully saturated rings. The van der Waals surface area contributed by atoms with E-state index in [1.54, 1.807) is 0 Å². The number of rotatable bonds is 8. The Morgan fingerprint density at radius 2 is 1.82 bits per heavy atom. The maximum Gasteiger partial charge on any atom is 0.231 e. The average Bonchev–Trinajstić information content (AvgIpc) is 3.56. The van der Waals surface area contributed by atoms with Gasteiger partial charge in [-0.05, 0) is 56.7 Å². The van der Waals surface area contributed by atoms with Crippen molar-refractivity contribution in [2.45, 2.75) is 38.9 Å². The van der Waals surface area contributed by atoms with E-state index in [0.717, 1.165) is 46.9 Å². The summed E-state index contributed by atoms with van der Waals surface area (Å²) in [7, 11) is 0. The highest BCUT2D eigenvalue weighted by atomic mass is 32.2. The predicted molar refractivity (Wildman–Crippen MR) is 132 cm³/mol. The number of thioether (sulfide) groups is 1. The number of para-hydroxylation sites is 1. The second-order valence-corrected chi connectivity index (χ2v) is 9.14. The van der Waals surface area contributed by atoms with Crippen LogP contribution in [0, 0.1) is 13.8 Å². The molecule has 0 atom stereocenters. The van der Waals surface area contributed by atoms with Crippen molar-refractivity contribution in [1.82, 2.24) is 19.3 Å². The minimum atomic E-state index is 0.0905. The summed E-state index contributed by atoms with van der Waals surface area (Å²) in [5.74, 6) is 2.46. The van der Waals surface area contributed by atoms with E-state index in [-0.39, 0.29) is 18.3 Å². The van der Waals surface area contributed by atoms with Gasteiger partial charge in [0.05, 0.1) is 5.75 Å². The van der Waals surface area contributed by atoms with Crippen molar-refractivity contribution in [3.8, 4) is 28.6 Å². The van der Waals surface area contributed by atoms with Crippen molar-refractivity contribution < 1.29 is 14.3 Å². The number of ether oxygens (including phenoxy) is 2. The molecule has 1 aliphatic heterocycles. The molecule has 3 heterocycles. The van der Waals surface area contributed by atoms with Crippen LogP contribution in [0.1, 0.15) is 35.1 Å². The third-order valence-electron chi connectivity index (χ3n) is 5.93. The molecule has 0 N–H and O–H groups in total. The van der Waals surface area contributed by atoms with E-state index >= 15 is 0 Å². The van der Waals surface area contributed by atoms with Crippen LogP contribution >= 0.6 is 11.8 Å². The van der Waals surface area contributed by atoms with Gasteiger partial charge in [-0.25, -0.2) is 0 Å². The number of nitrogens with zero attached hydrogens (tertiary/aromatic N) is 4. The molecule has 0 unspecified atom stereocenters. The van der Waals surface area contributed by atoms with Crippen LogP contribution in [-0.2, 0) is 6.54 Å². The van der Waals surface area contributed by atoms with E-state index in [0.29, 0.717) is 16.7 Å². The molecule has 0 saturated carbocycles. The smallest absolute Gasteiger partial charge is 0.231 e. The van der Waals surface area contributed by atoms with Crippen LogP contribution in [0.15, 0.2) is 59.8 Å². The molecule has 0 aliphatic carbocycles. The SMILES string of the molecule is CCCn1c(C)cc(C(=O)CSc2nnc(-c3ccc4c(c3)OCO4)n2-c2ccccc2)c1C. The standard InChI is InChI=1S/C26H26N4O3S/c1-4-12-29-17(2)13-21(18(29)3)22(31)15-34-26-28-27-25(30(26)20-8-6-5-7-9-20)19-10-11-23-24(14-19)33-16-32-23/h5-11,13-14H,4,12,15-16H2,1-3H3. The fourth-order valence-corrected chi connectivity index (χ4v) is 5.09. The summed E-state index contributed by atoms with van der Waals surface area (Å²) >= 11 is 1.40. The highest BCUT2D eigenvalue weighted by Gasteiger charge is 2.22. The van der Waals surface area contributed by atoms with Crippen molar-refractivity contribution in [1.29, 1.82) is 0 Å². The van der Waals surface area contributed by atoms with Crippen LogP contribution < -0.4 is 9.47 Å². The van der Waals surface area contributed by atoms with Crippen LogP contribution in [0.2, 0.25) is 0 Å². The molecule has 0 saturated heterocycles. The van der Waals surface area contributed by atoms with Crippen LogP contribution in [0.5, 0.6) is 11.5 Å². The molecule has 5 rings (SSSR count). The number of carbonyl (C=O) groups is 1. The quantitative estimate of drug-likeness (QED) is 0.249. The summed E-state index contributed by atoms with van der Waals surface area (Å²) in [5, 5.41) is 9.59. The Bertz CT molecular complexity index is 1340. The lowest BCUT2D eigenvalue weighted by Gasteiger charge is -2.11. The number of ketones is 1. The van der Waals surface area contributed by atoms with E-state index in [1.165, 1.54) is 11.8 Å². The predicted octanol–water partition coefficient (Wildman–Crippen LogP) is 5.47. The third kappa shape index (κ3) is 4.09. The molecule has 8 heteroatoms. The van der Waals surface area contributed by atoms with Gasteiger partial charge in [-0.3, -0.25) is 9.36 Å². The molecule has 0 radical (unpaired) electrons. The Labute approximate surface area is 202 Å². The first kappa shape index (κ1) is 22.3. The Kier molecular flexibility index (Phi) is 6.15. The van der Waals surface area contributed by atoms with Gasteiger partial charge < -0.3 is 14.0 Å². The summed E-state index contributed by atoms with van der Waals surface area (Å²) in [6, 6.07) is 17.7. The van der Waals surface area contributed by atoms with Gasteiger partial charge in [0.25, 0.3) is 0 Å². The molecule has 174 valence electrons. The van der Waals surface area contributed by atoms with Crippen LogP contribution in [0.4, 0.5) is 0 Å². The highest BCUT2D eigenvalue weighted by Crippen LogP contribution is 2.37. The van der Waals surface area contributed by atoms with Gasteiger partial charge in [-0.15, -0.1) is 10.2 Å². The molecular formula is C26H26N4O3S. The number of aryl methyl sites for hydroxylation is 1. The van der Waals surface area contributed by atoms with Crippen LogP contribution in [-0.4, -0.2) is 37.7 Å². The zero-order chi connectivity index (χ0) is 23.7. The van der Waals surface area contributed by atoms with Gasteiger partial charge in [0.1, 0.15) is 0 Å². The molecule has 4 aromatic rings. The average molecular weight is 475 g/mol. The van der Waals surface area contributed by atoms with Crippen molar-refractivity contribution in [2.24, 2.45) is 0 Å². The molecule has 34 heavy (non-hydrogen) atoms. The summed E-state index contributed by atoms with van der Waals surface area (Å²) in [6.07, 6.45) is 1.03. The van der Waals surface area contributed by atoms with E-state index in [9.17, 15) is 4.79 Å². The molecule has 0 bridgehead atoms. The highest BCUT2D eigenvalue weighted by molar-refractivity contribution is 7.99. The van der Waals surface area contributed by atoms with Gasteiger partial charge in [0.15, 0.2) is 28.3 Å². The first-order chi connectivity index (χ1) is 16.6. The van der Waals surface area contributed by atoms with E-state index in [4.69, 9.17) is 9.47 Å². The molecule has 1 aliphatic rings. The summed E-state index contributed by atoms with van der Waals surface area (Å²) in [6.45, 7) is 7.34. The molecule has 0 spiro atoms. The van der Waals surface area contributed by atoms with Crippen molar-refractivity contribution >= 4 is 17.5 Å². The molecule has 2 aromatic carbocycles. The lowest BCUT2D eigenvalue weighted by Crippen LogP contribution is -2.07. The summed E-state index contributed by atoms with van der Waals surface area (Å²) in [4.78, 5) is 13.1. The van der Waals surface area contributed by atoms with Gasteiger partial charge in [0.2, 0.25) is 6.79 Å². The summed E-state index contributed by atoms with van der Waals surface area (Å²) in [5.41, 5.74) is 4.71. The number of hydrogen-bond donors (Lipinski definition) is 0. The second kappa shape index (κ2) is 9.38. The maximum atomic E-state index is 13.1. The third-order valence-corrected chi connectivity index (χ3v) is 6.86. The van der Waals surface area contributed by atoms with Gasteiger partial charge in [0, 0.05) is 34.7 Å². The van der Waals surface area contributed by atoms with Crippen LogP contribution in [0.25, 0.3) is 17.1 Å². The minimum absolute atomic E-state index is 0.0905.